The van der Waals surface area contributed by atoms with Crippen LogP contribution in [0, 0.1) is 18.3 Å². The summed E-state index contributed by atoms with van der Waals surface area (Å²) in [4.78, 5) is 15.0. The number of aryl methyl sites for hydroxylation is 1. The molecular weight excluding hydrogens is 346 g/mol. The first kappa shape index (κ1) is 17.8. The Balaban J connectivity index is 1.67. The molecule has 4 heteroatoms. The monoisotopic (exact) mass is 367 g/mol. The van der Waals surface area contributed by atoms with Gasteiger partial charge in [-0.1, -0.05) is 54.1 Å². The number of fused-ring (bicyclic) bond motifs is 1. The Labute approximate surface area is 165 Å². The van der Waals surface area contributed by atoms with Crippen molar-refractivity contribution in [2.45, 2.75) is 19.4 Å². The van der Waals surface area contributed by atoms with Gasteiger partial charge in [-0.05, 0) is 54.3 Å². The molecule has 0 bridgehead atoms. The standard InChI is InChI=1S/C24H21N3O/c1-17-6-10-20(11-7-17)23-22-5-3-2-4-19(22)14-15-27(23)24(28)26-21-12-8-18(16-25)9-13-21/h2-13,23H,14-15H2,1H3,(H,26,28)/t23-/m0/s1. The Morgan fingerprint density at radius 2 is 1.75 bits per heavy atom. The van der Waals surface area contributed by atoms with Gasteiger partial charge in [0.25, 0.3) is 0 Å². The van der Waals surface area contributed by atoms with Gasteiger partial charge in [0.15, 0.2) is 0 Å². The SMILES string of the molecule is Cc1ccc([C@H]2c3ccccc3CCN2C(=O)Nc2ccc(C#N)cc2)cc1. The molecule has 4 nitrogen and oxygen atoms in total. The van der Waals surface area contributed by atoms with E-state index < -0.39 is 0 Å². The van der Waals surface area contributed by atoms with Crippen molar-refractivity contribution in [2.24, 2.45) is 0 Å². The first-order valence-electron chi connectivity index (χ1n) is 9.38. The van der Waals surface area contributed by atoms with Gasteiger partial charge in [-0.2, -0.15) is 5.26 Å². The van der Waals surface area contributed by atoms with Crippen LogP contribution in [0.2, 0.25) is 0 Å². The molecule has 0 unspecified atom stereocenters. The van der Waals surface area contributed by atoms with Crippen LogP contribution in [0.1, 0.15) is 33.9 Å². The zero-order valence-electron chi connectivity index (χ0n) is 15.7. The predicted molar refractivity (Wildman–Crippen MR) is 110 cm³/mol. The number of nitriles is 1. The average Bonchev–Trinajstić information content (AvgIpc) is 2.74. The summed E-state index contributed by atoms with van der Waals surface area (Å²) >= 11 is 0. The summed E-state index contributed by atoms with van der Waals surface area (Å²) in [7, 11) is 0. The molecule has 0 radical (unpaired) electrons. The van der Waals surface area contributed by atoms with Gasteiger partial charge in [-0.3, -0.25) is 0 Å². The minimum absolute atomic E-state index is 0.121. The summed E-state index contributed by atoms with van der Waals surface area (Å²) in [6, 6.07) is 25.5. The summed E-state index contributed by atoms with van der Waals surface area (Å²) in [5.41, 5.74) is 6.02. The normalized spacial score (nSPS) is 15.4. The second kappa shape index (κ2) is 7.58. The fourth-order valence-corrected chi connectivity index (χ4v) is 3.72. The number of nitrogens with zero attached hydrogens (tertiary/aromatic N) is 2. The predicted octanol–water partition coefficient (Wildman–Crippen LogP) is 5.05. The highest BCUT2D eigenvalue weighted by atomic mass is 16.2. The highest BCUT2D eigenvalue weighted by Gasteiger charge is 2.31. The smallest absolute Gasteiger partial charge is 0.313 e. The molecule has 1 heterocycles. The molecule has 28 heavy (non-hydrogen) atoms. The number of hydrogen-bond donors (Lipinski definition) is 1. The third-order valence-corrected chi connectivity index (χ3v) is 5.20. The Kier molecular flexibility index (Phi) is 4.82. The van der Waals surface area contributed by atoms with Crippen molar-refractivity contribution in [1.29, 1.82) is 5.26 Å². The van der Waals surface area contributed by atoms with Gasteiger partial charge >= 0.3 is 6.03 Å². The quantitative estimate of drug-likeness (QED) is 0.689. The lowest BCUT2D eigenvalue weighted by atomic mass is 9.88. The maximum atomic E-state index is 13.1. The number of benzene rings is 3. The summed E-state index contributed by atoms with van der Waals surface area (Å²) in [6.45, 7) is 2.71. The van der Waals surface area contributed by atoms with Gasteiger partial charge in [0, 0.05) is 12.2 Å². The van der Waals surface area contributed by atoms with Gasteiger partial charge in [-0.15, -0.1) is 0 Å². The fraction of sp³-hybridized carbons (Fsp3) is 0.167. The number of hydrogen-bond acceptors (Lipinski definition) is 2. The average molecular weight is 367 g/mol. The maximum Gasteiger partial charge on any atom is 0.322 e. The van der Waals surface area contributed by atoms with Crippen molar-refractivity contribution >= 4 is 11.7 Å². The lowest BCUT2D eigenvalue weighted by Crippen LogP contribution is -2.43. The number of carbonyl (C=O) groups is 1. The third kappa shape index (κ3) is 3.47. The van der Waals surface area contributed by atoms with Gasteiger partial charge in [0.1, 0.15) is 0 Å². The molecule has 2 amide bonds. The molecule has 1 N–H and O–H groups in total. The Bertz CT molecular complexity index is 1030. The summed E-state index contributed by atoms with van der Waals surface area (Å²) < 4.78 is 0. The largest absolute Gasteiger partial charge is 0.322 e. The number of nitrogens with one attached hydrogen (secondary N) is 1. The molecule has 0 saturated heterocycles. The van der Waals surface area contributed by atoms with Crippen LogP contribution in [0.5, 0.6) is 0 Å². The third-order valence-electron chi connectivity index (χ3n) is 5.20. The first-order chi connectivity index (χ1) is 13.7. The van der Waals surface area contributed by atoms with Gasteiger partial charge in [0.2, 0.25) is 0 Å². The molecule has 0 aromatic heterocycles. The van der Waals surface area contributed by atoms with Gasteiger partial charge in [-0.25, -0.2) is 4.79 Å². The molecule has 4 rings (SSSR count). The van der Waals surface area contributed by atoms with Crippen LogP contribution in [0.4, 0.5) is 10.5 Å². The number of carbonyl (C=O) groups excluding carboxylic acids is 1. The van der Waals surface area contributed by atoms with E-state index in [4.69, 9.17) is 5.26 Å². The van der Waals surface area contributed by atoms with Crippen molar-refractivity contribution < 1.29 is 4.79 Å². The molecule has 1 atom stereocenters. The second-order valence-corrected chi connectivity index (χ2v) is 7.07. The van der Waals surface area contributed by atoms with Crippen molar-refractivity contribution in [3.8, 4) is 6.07 Å². The Morgan fingerprint density at radius 1 is 1.04 bits per heavy atom. The molecule has 1 aliphatic rings. The van der Waals surface area contributed by atoms with E-state index in [9.17, 15) is 4.79 Å². The van der Waals surface area contributed by atoms with E-state index in [1.165, 1.54) is 16.7 Å². The Morgan fingerprint density at radius 3 is 2.46 bits per heavy atom. The van der Waals surface area contributed by atoms with Crippen molar-refractivity contribution in [3.63, 3.8) is 0 Å². The van der Waals surface area contributed by atoms with E-state index in [1.807, 2.05) is 11.0 Å². The topological polar surface area (TPSA) is 56.1 Å². The van der Waals surface area contributed by atoms with E-state index >= 15 is 0 Å². The van der Waals surface area contributed by atoms with Crippen LogP contribution >= 0.6 is 0 Å². The van der Waals surface area contributed by atoms with Crippen molar-refractivity contribution in [1.82, 2.24) is 4.90 Å². The highest BCUT2D eigenvalue weighted by Crippen LogP contribution is 2.35. The molecular formula is C24H21N3O. The van der Waals surface area contributed by atoms with Crippen LogP contribution in [0.3, 0.4) is 0 Å². The van der Waals surface area contributed by atoms with Gasteiger partial charge in [0.05, 0.1) is 17.7 Å². The minimum Gasteiger partial charge on any atom is -0.313 e. The molecule has 1 aliphatic heterocycles. The second-order valence-electron chi connectivity index (χ2n) is 7.07. The summed E-state index contributed by atoms with van der Waals surface area (Å²) in [5, 5.41) is 11.9. The molecule has 3 aromatic rings. The number of rotatable bonds is 2. The van der Waals surface area contributed by atoms with Crippen LogP contribution < -0.4 is 5.32 Å². The fourth-order valence-electron chi connectivity index (χ4n) is 3.72. The number of anilines is 1. The number of amides is 2. The maximum absolute atomic E-state index is 13.1. The minimum atomic E-state index is -0.134. The van der Waals surface area contributed by atoms with Crippen LogP contribution in [0.15, 0.2) is 72.8 Å². The summed E-state index contributed by atoms with van der Waals surface area (Å²) in [5.74, 6) is 0. The van der Waals surface area contributed by atoms with Crippen molar-refractivity contribution in [2.75, 3.05) is 11.9 Å². The zero-order valence-corrected chi connectivity index (χ0v) is 15.7. The van der Waals surface area contributed by atoms with E-state index in [2.05, 4.69) is 60.8 Å². The van der Waals surface area contributed by atoms with E-state index in [0.717, 1.165) is 12.0 Å². The first-order valence-corrected chi connectivity index (χ1v) is 9.38. The molecule has 0 fully saturated rings. The molecule has 0 spiro atoms. The van der Waals surface area contributed by atoms with Crippen molar-refractivity contribution in [3.05, 3.63) is 101 Å². The lowest BCUT2D eigenvalue weighted by molar-refractivity contribution is 0.194. The zero-order chi connectivity index (χ0) is 19.5. The van der Waals surface area contributed by atoms with E-state index in [1.54, 1.807) is 24.3 Å². The van der Waals surface area contributed by atoms with Crippen LogP contribution in [0.25, 0.3) is 0 Å². The van der Waals surface area contributed by atoms with Crippen LogP contribution in [-0.2, 0) is 6.42 Å². The molecule has 3 aromatic carbocycles. The van der Waals surface area contributed by atoms with E-state index in [0.29, 0.717) is 17.8 Å². The molecule has 138 valence electrons. The Hall–Kier alpha value is -3.58. The highest BCUT2D eigenvalue weighted by molar-refractivity contribution is 5.90. The van der Waals surface area contributed by atoms with Gasteiger partial charge < -0.3 is 10.2 Å². The van der Waals surface area contributed by atoms with Crippen LogP contribution in [-0.4, -0.2) is 17.5 Å². The number of urea groups is 1. The van der Waals surface area contributed by atoms with E-state index in [-0.39, 0.29) is 12.1 Å². The molecule has 0 saturated carbocycles. The molecule has 0 aliphatic carbocycles. The summed E-state index contributed by atoms with van der Waals surface area (Å²) in [6.07, 6.45) is 0.833. The lowest BCUT2D eigenvalue weighted by Gasteiger charge is -2.37.